The minimum absolute atomic E-state index is 0.0610. The zero-order valence-corrected chi connectivity index (χ0v) is 17.0. The molecule has 0 unspecified atom stereocenters. The molecule has 10 heteroatoms. The van der Waals surface area contributed by atoms with Crippen LogP contribution < -0.4 is 11.1 Å². The summed E-state index contributed by atoms with van der Waals surface area (Å²) in [5.41, 5.74) is 6.14. The topological polar surface area (TPSA) is 111 Å². The second-order valence-electron chi connectivity index (χ2n) is 6.76. The van der Waals surface area contributed by atoms with Crippen LogP contribution in [0.5, 0.6) is 0 Å². The lowest BCUT2D eigenvalue weighted by atomic mass is 10.1. The maximum Gasteiger partial charge on any atom is 0.273 e. The summed E-state index contributed by atoms with van der Waals surface area (Å²) in [6.45, 7) is 2.11. The van der Waals surface area contributed by atoms with Crippen molar-refractivity contribution in [2.75, 3.05) is 31.6 Å². The lowest BCUT2D eigenvalue weighted by molar-refractivity contribution is 0.0303. The van der Waals surface area contributed by atoms with Crippen LogP contribution in [0.4, 0.5) is 16.0 Å². The Labute approximate surface area is 181 Å². The van der Waals surface area contributed by atoms with Gasteiger partial charge in [0.15, 0.2) is 5.69 Å². The Hall–Kier alpha value is -3.43. The predicted molar refractivity (Wildman–Crippen MR) is 112 cm³/mol. The normalized spacial score (nSPS) is 13.8. The number of halogens is 2. The van der Waals surface area contributed by atoms with Crippen molar-refractivity contribution in [1.82, 2.24) is 9.88 Å². The van der Waals surface area contributed by atoms with Crippen LogP contribution in [0.25, 0.3) is 11.5 Å². The van der Waals surface area contributed by atoms with Gasteiger partial charge in [-0.25, -0.2) is 9.37 Å². The highest BCUT2D eigenvalue weighted by molar-refractivity contribution is 6.33. The smallest absolute Gasteiger partial charge is 0.273 e. The third-order valence-electron chi connectivity index (χ3n) is 4.73. The number of nitrogens with one attached hydrogen (secondary N) is 1. The molecule has 2 aromatic carbocycles. The summed E-state index contributed by atoms with van der Waals surface area (Å²) in [5.74, 6) is -1.84. The number of carbonyl (C=O) groups is 2. The summed E-state index contributed by atoms with van der Waals surface area (Å²) in [6.07, 6.45) is 0. The summed E-state index contributed by atoms with van der Waals surface area (Å²) < 4.78 is 25.0. The third kappa shape index (κ3) is 4.37. The minimum atomic E-state index is -0.857. The minimum Gasteiger partial charge on any atom is -0.419 e. The van der Waals surface area contributed by atoms with Crippen molar-refractivity contribution in [1.29, 1.82) is 0 Å². The molecule has 0 atom stereocenters. The molecule has 31 heavy (non-hydrogen) atoms. The van der Waals surface area contributed by atoms with E-state index in [1.807, 2.05) is 0 Å². The fraction of sp³-hybridized carbons (Fsp3) is 0.190. The Bertz CT molecular complexity index is 1110. The van der Waals surface area contributed by atoms with Crippen LogP contribution >= 0.6 is 11.6 Å². The molecule has 1 aliphatic rings. The fourth-order valence-corrected chi connectivity index (χ4v) is 3.40. The van der Waals surface area contributed by atoms with Gasteiger partial charge in [-0.05, 0) is 36.4 Å². The molecule has 0 radical (unpaired) electrons. The van der Waals surface area contributed by atoms with Crippen LogP contribution in [-0.4, -0.2) is 48.0 Å². The van der Waals surface area contributed by atoms with E-state index >= 15 is 0 Å². The monoisotopic (exact) mass is 444 g/mol. The van der Waals surface area contributed by atoms with Crippen molar-refractivity contribution in [3.63, 3.8) is 0 Å². The Morgan fingerprint density at radius 3 is 2.48 bits per heavy atom. The average Bonchev–Trinajstić information content (AvgIpc) is 3.18. The lowest BCUT2D eigenvalue weighted by Gasteiger charge is -2.26. The van der Waals surface area contributed by atoms with Gasteiger partial charge in [-0.15, -0.1) is 0 Å². The fourth-order valence-electron chi connectivity index (χ4n) is 3.16. The van der Waals surface area contributed by atoms with Crippen molar-refractivity contribution in [3.05, 3.63) is 64.6 Å². The van der Waals surface area contributed by atoms with Gasteiger partial charge in [0.25, 0.3) is 11.8 Å². The molecule has 3 aromatic rings. The summed E-state index contributed by atoms with van der Waals surface area (Å²) in [4.78, 5) is 30.1. The molecule has 1 saturated heterocycles. The van der Waals surface area contributed by atoms with Gasteiger partial charge in [0, 0.05) is 24.3 Å². The van der Waals surface area contributed by atoms with E-state index in [0.29, 0.717) is 37.6 Å². The van der Waals surface area contributed by atoms with Gasteiger partial charge in [0.1, 0.15) is 5.82 Å². The van der Waals surface area contributed by atoms with Crippen LogP contribution in [0, 0.1) is 5.82 Å². The van der Waals surface area contributed by atoms with Gasteiger partial charge in [-0.1, -0.05) is 17.7 Å². The quantitative estimate of drug-likeness (QED) is 0.623. The van der Waals surface area contributed by atoms with E-state index < -0.39 is 11.7 Å². The van der Waals surface area contributed by atoms with Gasteiger partial charge in [0.05, 0.1) is 23.8 Å². The zero-order valence-electron chi connectivity index (χ0n) is 16.2. The molecule has 2 heterocycles. The highest BCUT2D eigenvalue weighted by Crippen LogP contribution is 2.34. The predicted octanol–water partition coefficient (Wildman–Crippen LogP) is 3.45. The molecule has 0 saturated carbocycles. The molecule has 0 spiro atoms. The summed E-state index contributed by atoms with van der Waals surface area (Å²) in [6, 6.07) is 10.7. The van der Waals surface area contributed by atoms with E-state index in [1.165, 1.54) is 18.2 Å². The van der Waals surface area contributed by atoms with E-state index in [0.717, 1.165) is 0 Å². The third-order valence-corrected chi connectivity index (χ3v) is 5.04. The number of primary amides is 1. The van der Waals surface area contributed by atoms with Crippen molar-refractivity contribution < 1.29 is 23.1 Å². The molecule has 4 rings (SSSR count). The molecular weight excluding hydrogens is 427 g/mol. The maximum absolute atomic E-state index is 14.2. The second-order valence-corrected chi connectivity index (χ2v) is 7.17. The summed E-state index contributed by atoms with van der Waals surface area (Å²) in [7, 11) is 0. The Morgan fingerprint density at radius 1 is 1.13 bits per heavy atom. The van der Waals surface area contributed by atoms with Crippen LogP contribution in [-0.2, 0) is 4.74 Å². The molecule has 1 aliphatic heterocycles. The van der Waals surface area contributed by atoms with Gasteiger partial charge >= 0.3 is 0 Å². The number of oxazole rings is 1. The van der Waals surface area contributed by atoms with Crippen molar-refractivity contribution in [3.8, 4) is 11.5 Å². The standard InChI is InChI=1S/C21H18ClFN4O4/c22-14-2-1-3-15(23)16(14)19-26-17(18(24)28)20(31-19)25-13-6-4-12(5-7-13)21(29)27-8-10-30-11-9-27/h1-7,25H,8-11H2,(H2,24,28). The lowest BCUT2D eigenvalue weighted by Crippen LogP contribution is -2.40. The van der Waals surface area contributed by atoms with Crippen molar-refractivity contribution in [2.24, 2.45) is 5.73 Å². The number of amides is 2. The van der Waals surface area contributed by atoms with Crippen molar-refractivity contribution >= 4 is 35.0 Å². The molecular formula is C21H18ClFN4O4. The number of benzene rings is 2. The van der Waals surface area contributed by atoms with E-state index in [1.54, 1.807) is 29.2 Å². The largest absolute Gasteiger partial charge is 0.419 e. The molecule has 1 aromatic heterocycles. The maximum atomic E-state index is 14.2. The molecule has 0 bridgehead atoms. The van der Waals surface area contributed by atoms with E-state index in [2.05, 4.69) is 10.3 Å². The number of ether oxygens (including phenoxy) is 1. The number of nitrogens with two attached hydrogens (primary N) is 1. The average molecular weight is 445 g/mol. The van der Waals surface area contributed by atoms with Gasteiger partial charge in [0.2, 0.25) is 11.8 Å². The van der Waals surface area contributed by atoms with E-state index in [-0.39, 0.29) is 34.0 Å². The van der Waals surface area contributed by atoms with Crippen LogP contribution in [0.2, 0.25) is 5.02 Å². The number of anilines is 2. The molecule has 3 N–H and O–H groups in total. The first-order valence-corrected chi connectivity index (χ1v) is 9.81. The number of morpholine rings is 1. The Balaban J connectivity index is 1.58. The first kappa shape index (κ1) is 20.8. The SMILES string of the molecule is NC(=O)c1nc(-c2c(F)cccc2Cl)oc1Nc1ccc(C(=O)N2CCOCC2)cc1. The molecule has 160 valence electrons. The molecule has 8 nitrogen and oxygen atoms in total. The van der Waals surface area contributed by atoms with Crippen LogP contribution in [0.15, 0.2) is 46.9 Å². The number of rotatable bonds is 5. The van der Waals surface area contributed by atoms with E-state index in [9.17, 15) is 14.0 Å². The van der Waals surface area contributed by atoms with E-state index in [4.69, 9.17) is 26.5 Å². The van der Waals surface area contributed by atoms with Gasteiger partial charge in [-0.3, -0.25) is 9.59 Å². The number of aromatic nitrogens is 1. The molecule has 1 fully saturated rings. The first-order valence-electron chi connectivity index (χ1n) is 9.43. The van der Waals surface area contributed by atoms with Gasteiger partial charge < -0.3 is 25.1 Å². The first-order chi connectivity index (χ1) is 14.9. The number of carbonyl (C=O) groups excluding carboxylic acids is 2. The second kappa shape index (κ2) is 8.75. The summed E-state index contributed by atoms with van der Waals surface area (Å²) >= 11 is 6.06. The number of hydrogen-bond acceptors (Lipinski definition) is 6. The number of hydrogen-bond donors (Lipinski definition) is 2. The highest BCUT2D eigenvalue weighted by Gasteiger charge is 2.23. The molecule has 0 aliphatic carbocycles. The molecule has 2 amide bonds. The Kier molecular flexibility index (Phi) is 5.88. The summed E-state index contributed by atoms with van der Waals surface area (Å²) in [5, 5.41) is 2.97. The van der Waals surface area contributed by atoms with Crippen LogP contribution in [0.1, 0.15) is 20.8 Å². The van der Waals surface area contributed by atoms with Crippen LogP contribution in [0.3, 0.4) is 0 Å². The zero-order chi connectivity index (χ0) is 22.0. The highest BCUT2D eigenvalue weighted by atomic mass is 35.5. The number of nitrogens with zero attached hydrogens (tertiary/aromatic N) is 2. The Morgan fingerprint density at radius 2 is 1.84 bits per heavy atom. The van der Waals surface area contributed by atoms with Gasteiger partial charge in [-0.2, -0.15) is 0 Å². The van der Waals surface area contributed by atoms with Crippen molar-refractivity contribution in [2.45, 2.75) is 0 Å².